The van der Waals surface area contributed by atoms with Crippen molar-refractivity contribution in [2.75, 3.05) is 10.8 Å². The van der Waals surface area contributed by atoms with Crippen molar-refractivity contribution in [3.8, 4) is 0 Å². The first-order chi connectivity index (χ1) is 19.0. The maximum atomic E-state index is 14.1. The maximum Gasteiger partial charge on any atom is 0.264 e. The summed E-state index contributed by atoms with van der Waals surface area (Å²) >= 11 is 18.9. The van der Waals surface area contributed by atoms with Crippen molar-refractivity contribution in [1.82, 2.24) is 10.2 Å². The molecule has 220 valence electrons. The minimum atomic E-state index is -4.22. The fraction of sp³-hybridized carbons (Fsp3) is 0.333. The van der Waals surface area contributed by atoms with E-state index in [1.54, 1.807) is 43.3 Å². The summed E-state index contributed by atoms with van der Waals surface area (Å²) in [6.45, 7) is 10.1. The third kappa shape index (κ3) is 8.16. The lowest BCUT2D eigenvalue weighted by Crippen LogP contribution is -2.54. The van der Waals surface area contributed by atoms with Crippen molar-refractivity contribution in [3.05, 3.63) is 92.4 Å². The zero-order valence-corrected chi connectivity index (χ0v) is 26.9. The Morgan fingerprint density at radius 1 is 0.902 bits per heavy atom. The van der Waals surface area contributed by atoms with Crippen LogP contribution in [-0.4, -0.2) is 43.3 Å². The summed E-state index contributed by atoms with van der Waals surface area (Å²) in [5.41, 5.74) is 2.00. The average molecular weight is 639 g/mol. The highest BCUT2D eigenvalue weighted by Gasteiger charge is 2.34. The summed E-state index contributed by atoms with van der Waals surface area (Å²) in [5.74, 6) is -1.03. The monoisotopic (exact) mass is 637 g/mol. The molecule has 3 aromatic rings. The highest BCUT2D eigenvalue weighted by atomic mass is 35.5. The Morgan fingerprint density at radius 2 is 1.49 bits per heavy atom. The van der Waals surface area contributed by atoms with Gasteiger partial charge >= 0.3 is 0 Å². The Balaban J connectivity index is 2.10. The van der Waals surface area contributed by atoms with E-state index in [1.165, 1.54) is 29.2 Å². The van der Waals surface area contributed by atoms with E-state index in [9.17, 15) is 18.0 Å². The van der Waals surface area contributed by atoms with Gasteiger partial charge in [0.25, 0.3) is 10.0 Å². The number of rotatable bonds is 9. The maximum absolute atomic E-state index is 14.1. The summed E-state index contributed by atoms with van der Waals surface area (Å²) in [4.78, 5) is 28.6. The summed E-state index contributed by atoms with van der Waals surface area (Å²) in [6.07, 6.45) is 0. The summed E-state index contributed by atoms with van der Waals surface area (Å²) < 4.78 is 28.9. The number of anilines is 1. The molecule has 0 aliphatic carbocycles. The molecule has 0 saturated carbocycles. The summed E-state index contributed by atoms with van der Waals surface area (Å²) in [6, 6.07) is 14.8. The van der Waals surface area contributed by atoms with E-state index >= 15 is 0 Å². The van der Waals surface area contributed by atoms with Crippen molar-refractivity contribution in [1.29, 1.82) is 0 Å². The van der Waals surface area contributed by atoms with Gasteiger partial charge in [0, 0.05) is 32.7 Å². The molecular formula is C30H34Cl3N3O4S. The van der Waals surface area contributed by atoms with Gasteiger partial charge in [-0.1, -0.05) is 46.9 Å². The van der Waals surface area contributed by atoms with E-state index in [2.05, 4.69) is 5.32 Å². The largest absolute Gasteiger partial charge is 0.350 e. The lowest BCUT2D eigenvalue weighted by atomic mass is 10.1. The molecule has 0 radical (unpaired) electrons. The molecule has 1 N–H and O–H groups in total. The standard InChI is InChI=1S/C30H34Cl3N3O4S/c1-19-10-13-23(16-20(19)2)36(41(39,40)24-14-11-22(31)12-15-24)18-28(37)35(21(3)29(38)34-30(4,5)6)17-25-26(32)8-7-9-27(25)33/h7-16,21H,17-18H2,1-6H3,(H,34,38)/t21-/m0/s1. The zero-order chi connectivity index (χ0) is 30.7. The summed E-state index contributed by atoms with van der Waals surface area (Å²) in [7, 11) is -4.22. The van der Waals surface area contributed by atoms with Crippen molar-refractivity contribution in [2.24, 2.45) is 0 Å². The second-order valence-electron chi connectivity index (χ2n) is 10.9. The van der Waals surface area contributed by atoms with Crippen LogP contribution in [0.1, 0.15) is 44.4 Å². The van der Waals surface area contributed by atoms with E-state index in [1.807, 2.05) is 34.6 Å². The van der Waals surface area contributed by atoms with E-state index in [4.69, 9.17) is 34.8 Å². The number of hydrogen-bond acceptors (Lipinski definition) is 4. The first-order valence-electron chi connectivity index (χ1n) is 12.9. The number of benzene rings is 3. The third-order valence-electron chi connectivity index (χ3n) is 6.51. The molecular weight excluding hydrogens is 605 g/mol. The van der Waals surface area contributed by atoms with Gasteiger partial charge < -0.3 is 10.2 Å². The van der Waals surface area contributed by atoms with Gasteiger partial charge in [0.05, 0.1) is 10.6 Å². The smallest absolute Gasteiger partial charge is 0.264 e. The average Bonchev–Trinajstić information content (AvgIpc) is 2.87. The Morgan fingerprint density at radius 3 is 2.02 bits per heavy atom. The van der Waals surface area contributed by atoms with Gasteiger partial charge in [-0.05, 0) is 101 Å². The van der Waals surface area contributed by atoms with Crippen LogP contribution in [-0.2, 0) is 26.2 Å². The Kier molecular flexibility index (Phi) is 10.4. The molecule has 0 spiro atoms. The molecule has 3 rings (SSSR count). The number of carbonyl (C=O) groups excluding carboxylic acids is 2. The fourth-order valence-corrected chi connectivity index (χ4v) is 6.10. The van der Waals surface area contributed by atoms with Gasteiger partial charge in [0.1, 0.15) is 12.6 Å². The quantitative estimate of drug-likeness (QED) is 0.280. The zero-order valence-electron chi connectivity index (χ0n) is 23.8. The third-order valence-corrected chi connectivity index (χ3v) is 9.26. The second-order valence-corrected chi connectivity index (χ2v) is 14.0. The van der Waals surface area contributed by atoms with Crippen LogP contribution in [0.5, 0.6) is 0 Å². The number of nitrogens with one attached hydrogen (secondary N) is 1. The number of nitrogens with zero attached hydrogens (tertiary/aromatic N) is 2. The van der Waals surface area contributed by atoms with Crippen LogP contribution in [0.2, 0.25) is 15.1 Å². The second kappa shape index (κ2) is 13.0. The van der Waals surface area contributed by atoms with E-state index < -0.39 is 40.0 Å². The van der Waals surface area contributed by atoms with Gasteiger partial charge in [-0.15, -0.1) is 0 Å². The van der Waals surface area contributed by atoms with Crippen LogP contribution in [0.15, 0.2) is 65.6 Å². The van der Waals surface area contributed by atoms with E-state index in [0.717, 1.165) is 15.4 Å². The van der Waals surface area contributed by atoms with Crippen LogP contribution >= 0.6 is 34.8 Å². The molecule has 0 saturated heterocycles. The lowest BCUT2D eigenvalue weighted by Gasteiger charge is -2.34. The molecule has 0 heterocycles. The molecule has 2 amide bonds. The molecule has 0 aliphatic heterocycles. The van der Waals surface area contributed by atoms with Gasteiger partial charge in [-0.25, -0.2) is 8.42 Å². The molecule has 3 aromatic carbocycles. The Bertz CT molecular complexity index is 1520. The Hall–Kier alpha value is -2.78. The van der Waals surface area contributed by atoms with Crippen LogP contribution in [0, 0.1) is 13.8 Å². The van der Waals surface area contributed by atoms with E-state index in [0.29, 0.717) is 26.3 Å². The summed E-state index contributed by atoms with van der Waals surface area (Å²) in [5, 5.41) is 3.90. The van der Waals surface area contributed by atoms with Crippen LogP contribution in [0.25, 0.3) is 0 Å². The van der Waals surface area contributed by atoms with Gasteiger partial charge in [-0.2, -0.15) is 0 Å². The molecule has 0 aliphatic rings. The fourth-order valence-electron chi connectivity index (χ4n) is 4.05. The molecule has 0 bridgehead atoms. The van der Waals surface area contributed by atoms with E-state index in [-0.39, 0.29) is 11.4 Å². The van der Waals surface area contributed by atoms with Crippen molar-refractivity contribution < 1.29 is 18.0 Å². The highest BCUT2D eigenvalue weighted by molar-refractivity contribution is 7.92. The first kappa shape index (κ1) is 32.7. The molecule has 0 unspecified atom stereocenters. The number of aryl methyl sites for hydroxylation is 2. The van der Waals surface area contributed by atoms with Crippen LogP contribution in [0.4, 0.5) is 5.69 Å². The SMILES string of the molecule is Cc1ccc(N(CC(=O)N(Cc2c(Cl)cccc2Cl)[C@@H](C)C(=O)NC(C)(C)C)S(=O)(=O)c2ccc(Cl)cc2)cc1C. The number of hydrogen-bond donors (Lipinski definition) is 1. The molecule has 1 atom stereocenters. The topological polar surface area (TPSA) is 86.8 Å². The number of halogens is 3. The first-order valence-corrected chi connectivity index (χ1v) is 15.5. The molecule has 0 aromatic heterocycles. The molecule has 0 fully saturated rings. The predicted molar refractivity (Wildman–Crippen MR) is 166 cm³/mol. The van der Waals surface area contributed by atoms with Crippen molar-refractivity contribution in [3.63, 3.8) is 0 Å². The Labute approximate surface area is 257 Å². The predicted octanol–water partition coefficient (Wildman–Crippen LogP) is 6.79. The van der Waals surface area contributed by atoms with Gasteiger partial charge in [-0.3, -0.25) is 13.9 Å². The molecule has 41 heavy (non-hydrogen) atoms. The molecule has 7 nitrogen and oxygen atoms in total. The van der Waals surface area contributed by atoms with Crippen molar-refractivity contribution >= 4 is 62.3 Å². The normalized spacial score (nSPS) is 12.5. The van der Waals surface area contributed by atoms with Gasteiger partial charge in [0.2, 0.25) is 11.8 Å². The number of amides is 2. The van der Waals surface area contributed by atoms with Crippen LogP contribution < -0.4 is 9.62 Å². The minimum Gasteiger partial charge on any atom is -0.350 e. The number of carbonyl (C=O) groups is 2. The van der Waals surface area contributed by atoms with Gasteiger partial charge in [0.15, 0.2) is 0 Å². The van der Waals surface area contributed by atoms with Crippen molar-refractivity contribution in [2.45, 2.75) is 64.6 Å². The minimum absolute atomic E-state index is 0.0350. The molecule has 11 heteroatoms. The number of sulfonamides is 1. The van der Waals surface area contributed by atoms with Crippen LogP contribution in [0.3, 0.4) is 0 Å². The highest BCUT2D eigenvalue weighted by Crippen LogP contribution is 2.29. The lowest BCUT2D eigenvalue weighted by molar-refractivity contribution is -0.140.